The third-order valence-electron chi connectivity index (χ3n) is 5.64. The monoisotopic (exact) mass is 378 g/mol. The van der Waals surface area contributed by atoms with Crippen LogP contribution in [-0.2, 0) is 16.0 Å². The smallest absolute Gasteiger partial charge is 0.229 e. The summed E-state index contributed by atoms with van der Waals surface area (Å²) in [5.41, 5.74) is 6.27. The van der Waals surface area contributed by atoms with Gasteiger partial charge in [-0.25, -0.2) is 0 Å². The van der Waals surface area contributed by atoms with Crippen LogP contribution in [0, 0.1) is 19.8 Å². The number of rotatable bonds is 5. The minimum atomic E-state index is -0.337. The molecule has 4 nitrogen and oxygen atoms in total. The van der Waals surface area contributed by atoms with Crippen molar-refractivity contribution in [2.45, 2.75) is 53.4 Å². The lowest BCUT2D eigenvalue weighted by molar-refractivity contribution is -0.122. The number of nitrogens with zero attached hydrogens (tertiary/aromatic N) is 1. The maximum absolute atomic E-state index is 13.0. The highest BCUT2D eigenvalue weighted by Gasteiger charge is 2.37. The molecule has 0 saturated carbocycles. The van der Waals surface area contributed by atoms with E-state index in [4.69, 9.17) is 0 Å². The van der Waals surface area contributed by atoms with Gasteiger partial charge in [0.25, 0.3) is 0 Å². The van der Waals surface area contributed by atoms with Crippen LogP contribution >= 0.6 is 0 Å². The third kappa shape index (κ3) is 3.82. The van der Waals surface area contributed by atoms with Crippen molar-refractivity contribution >= 4 is 23.2 Å². The first-order valence-electron chi connectivity index (χ1n) is 10.1. The van der Waals surface area contributed by atoms with Gasteiger partial charge in [0.15, 0.2) is 0 Å². The van der Waals surface area contributed by atoms with Gasteiger partial charge in [0.2, 0.25) is 11.8 Å². The van der Waals surface area contributed by atoms with Crippen molar-refractivity contribution in [1.29, 1.82) is 0 Å². The zero-order chi connectivity index (χ0) is 20.4. The summed E-state index contributed by atoms with van der Waals surface area (Å²) in [4.78, 5) is 27.6. The number of para-hydroxylation sites is 2. The minimum Gasteiger partial charge on any atom is -0.325 e. The van der Waals surface area contributed by atoms with E-state index >= 15 is 0 Å². The Morgan fingerprint density at radius 2 is 1.82 bits per heavy atom. The number of carbonyl (C=O) groups excluding carboxylic acids is 2. The van der Waals surface area contributed by atoms with Gasteiger partial charge in [0, 0.05) is 24.3 Å². The Kier molecular flexibility index (Phi) is 5.87. The highest BCUT2D eigenvalue weighted by molar-refractivity contribution is 6.04. The van der Waals surface area contributed by atoms with E-state index in [1.165, 1.54) is 0 Å². The largest absolute Gasteiger partial charge is 0.325 e. The number of aryl methyl sites for hydroxylation is 3. The molecule has 0 spiro atoms. The lowest BCUT2D eigenvalue weighted by atomic mass is 9.97. The van der Waals surface area contributed by atoms with Crippen molar-refractivity contribution in [2.24, 2.45) is 5.92 Å². The molecule has 1 aliphatic heterocycles. The van der Waals surface area contributed by atoms with Crippen molar-refractivity contribution in [3.63, 3.8) is 0 Å². The highest BCUT2D eigenvalue weighted by Crippen LogP contribution is 2.35. The second-order valence-electron chi connectivity index (χ2n) is 8.02. The Bertz CT molecular complexity index is 901. The van der Waals surface area contributed by atoms with E-state index in [0.29, 0.717) is 12.5 Å². The zero-order valence-corrected chi connectivity index (χ0v) is 17.5. The quantitative estimate of drug-likeness (QED) is 0.798. The first-order chi connectivity index (χ1) is 13.3. The summed E-state index contributed by atoms with van der Waals surface area (Å²) in [6, 6.07) is 12.2. The lowest BCUT2D eigenvalue weighted by Gasteiger charge is -2.24. The fourth-order valence-corrected chi connectivity index (χ4v) is 4.04. The average Bonchev–Trinajstić information content (AvgIpc) is 3.04. The second kappa shape index (κ2) is 8.17. The van der Waals surface area contributed by atoms with Crippen LogP contribution in [0.1, 0.15) is 55.4 Å². The second-order valence-corrected chi connectivity index (χ2v) is 8.02. The van der Waals surface area contributed by atoms with Crippen LogP contribution in [-0.4, -0.2) is 18.4 Å². The molecule has 1 N–H and O–H groups in total. The number of hydrogen-bond acceptors (Lipinski definition) is 2. The van der Waals surface area contributed by atoms with Gasteiger partial charge < -0.3 is 10.2 Å². The molecule has 4 heteroatoms. The summed E-state index contributed by atoms with van der Waals surface area (Å²) >= 11 is 0. The Morgan fingerprint density at radius 1 is 1.14 bits per heavy atom. The first-order valence-corrected chi connectivity index (χ1v) is 10.1. The maximum Gasteiger partial charge on any atom is 0.229 e. The highest BCUT2D eigenvalue weighted by atomic mass is 16.2. The maximum atomic E-state index is 13.0. The number of amides is 2. The summed E-state index contributed by atoms with van der Waals surface area (Å²) in [5, 5.41) is 3.10. The van der Waals surface area contributed by atoms with Crippen molar-refractivity contribution in [3.05, 3.63) is 58.7 Å². The van der Waals surface area contributed by atoms with E-state index in [9.17, 15) is 9.59 Å². The van der Waals surface area contributed by atoms with Crippen molar-refractivity contribution in [2.75, 3.05) is 16.8 Å². The number of anilines is 2. The summed E-state index contributed by atoms with van der Waals surface area (Å²) in [7, 11) is 0. The first kappa shape index (κ1) is 20.1. The van der Waals surface area contributed by atoms with Crippen LogP contribution in [0.3, 0.4) is 0 Å². The molecule has 2 aromatic carbocycles. The standard InChI is InChI=1S/C24H30N2O2/c1-6-18-11-7-9-16(4)22(18)25-24(28)19-13-21(27)26(14-19)23-17(5)10-8-12-20(23)15(2)3/h7-12,15,19H,6,13-14H2,1-5H3,(H,25,28). The summed E-state index contributed by atoms with van der Waals surface area (Å²) in [6.45, 7) is 10.8. The molecule has 1 heterocycles. The van der Waals surface area contributed by atoms with E-state index in [1.54, 1.807) is 0 Å². The predicted molar refractivity (Wildman–Crippen MR) is 115 cm³/mol. The fourth-order valence-electron chi connectivity index (χ4n) is 4.04. The van der Waals surface area contributed by atoms with Gasteiger partial charge in [-0.1, -0.05) is 57.2 Å². The molecule has 3 rings (SSSR count). The fraction of sp³-hybridized carbons (Fsp3) is 0.417. The van der Waals surface area contributed by atoms with Gasteiger partial charge in [-0.2, -0.15) is 0 Å². The van der Waals surface area contributed by atoms with Crippen molar-refractivity contribution in [1.82, 2.24) is 0 Å². The summed E-state index contributed by atoms with van der Waals surface area (Å²) < 4.78 is 0. The molecule has 1 atom stereocenters. The SMILES string of the molecule is CCc1cccc(C)c1NC(=O)C1CC(=O)N(c2c(C)cccc2C(C)C)C1. The molecular weight excluding hydrogens is 348 g/mol. The van der Waals surface area contributed by atoms with Gasteiger partial charge in [-0.15, -0.1) is 0 Å². The molecule has 0 aliphatic carbocycles. The topological polar surface area (TPSA) is 49.4 Å². The van der Waals surface area contributed by atoms with Gasteiger partial charge in [-0.05, 0) is 48.4 Å². The third-order valence-corrected chi connectivity index (χ3v) is 5.64. The van der Waals surface area contributed by atoms with Gasteiger partial charge in [0.05, 0.1) is 5.92 Å². The van der Waals surface area contributed by atoms with Crippen LogP contribution < -0.4 is 10.2 Å². The Hall–Kier alpha value is -2.62. The van der Waals surface area contributed by atoms with Crippen LogP contribution in [0.25, 0.3) is 0 Å². The van der Waals surface area contributed by atoms with E-state index < -0.39 is 0 Å². The van der Waals surface area contributed by atoms with Crippen LogP contribution in [0.5, 0.6) is 0 Å². The average molecular weight is 379 g/mol. The van der Waals surface area contributed by atoms with E-state index in [-0.39, 0.29) is 24.2 Å². The number of carbonyl (C=O) groups is 2. The molecule has 148 valence electrons. The predicted octanol–water partition coefficient (Wildman–Crippen LogP) is 4.98. The van der Waals surface area contributed by atoms with Crippen LogP contribution in [0.4, 0.5) is 11.4 Å². The summed E-state index contributed by atoms with van der Waals surface area (Å²) in [6.07, 6.45) is 1.11. The zero-order valence-electron chi connectivity index (χ0n) is 17.5. The molecular formula is C24H30N2O2. The van der Waals surface area contributed by atoms with Gasteiger partial charge in [0.1, 0.15) is 0 Å². The van der Waals surface area contributed by atoms with E-state index in [1.807, 2.05) is 49.1 Å². The molecule has 1 aliphatic rings. The molecule has 0 radical (unpaired) electrons. The van der Waals surface area contributed by atoms with E-state index in [0.717, 1.165) is 40.0 Å². The molecule has 2 aromatic rings. The van der Waals surface area contributed by atoms with Gasteiger partial charge in [-0.3, -0.25) is 9.59 Å². The van der Waals surface area contributed by atoms with E-state index in [2.05, 4.69) is 32.2 Å². The van der Waals surface area contributed by atoms with Crippen LogP contribution in [0.15, 0.2) is 36.4 Å². The molecule has 0 aromatic heterocycles. The lowest BCUT2D eigenvalue weighted by Crippen LogP contribution is -2.29. The molecule has 0 bridgehead atoms. The van der Waals surface area contributed by atoms with Crippen molar-refractivity contribution in [3.8, 4) is 0 Å². The Morgan fingerprint density at radius 3 is 2.50 bits per heavy atom. The minimum absolute atomic E-state index is 0.0249. The molecule has 28 heavy (non-hydrogen) atoms. The number of benzene rings is 2. The van der Waals surface area contributed by atoms with Gasteiger partial charge >= 0.3 is 0 Å². The van der Waals surface area contributed by atoms with Crippen molar-refractivity contribution < 1.29 is 9.59 Å². The normalized spacial score (nSPS) is 16.7. The van der Waals surface area contributed by atoms with Crippen LogP contribution in [0.2, 0.25) is 0 Å². The Labute approximate surface area is 167 Å². The summed E-state index contributed by atoms with van der Waals surface area (Å²) in [5.74, 6) is -0.0672. The molecule has 2 amide bonds. The number of nitrogens with one attached hydrogen (secondary N) is 1. The number of hydrogen-bond donors (Lipinski definition) is 1. The molecule has 1 saturated heterocycles. The molecule has 1 fully saturated rings. The Balaban J connectivity index is 1.84. The molecule has 1 unspecified atom stereocenters.